The van der Waals surface area contributed by atoms with Crippen LogP contribution in [0.2, 0.25) is 0 Å². The van der Waals surface area contributed by atoms with Crippen LogP contribution in [0.1, 0.15) is 99.8 Å². The molecule has 0 bridgehead atoms. The summed E-state index contributed by atoms with van der Waals surface area (Å²) in [5.41, 5.74) is 0.899. The predicted molar refractivity (Wildman–Crippen MR) is 129 cm³/mol. The van der Waals surface area contributed by atoms with Gasteiger partial charge in [-0.1, -0.05) is 54.5 Å². The largest absolute Gasteiger partial charge is 0.374 e. The van der Waals surface area contributed by atoms with Crippen molar-refractivity contribution in [3.05, 3.63) is 12.2 Å². The molecule has 5 fully saturated rings. The number of hydrogen-bond donors (Lipinski definition) is 0. The van der Waals surface area contributed by atoms with Gasteiger partial charge in [0.15, 0.2) is 5.78 Å². The zero-order valence-corrected chi connectivity index (χ0v) is 21.7. The van der Waals surface area contributed by atoms with Crippen LogP contribution in [0.15, 0.2) is 12.2 Å². The summed E-state index contributed by atoms with van der Waals surface area (Å²) >= 11 is 0. The van der Waals surface area contributed by atoms with Crippen molar-refractivity contribution < 1.29 is 9.53 Å². The monoisotopic (exact) mass is 438 g/mol. The van der Waals surface area contributed by atoms with E-state index in [9.17, 15) is 4.79 Å². The lowest BCUT2D eigenvalue weighted by atomic mass is 9.32. The lowest BCUT2D eigenvalue weighted by Crippen LogP contribution is -2.69. The molecule has 6 rings (SSSR count). The number of carbonyl (C=O) groups excluding carboxylic acids is 1. The second kappa shape index (κ2) is 6.13. The van der Waals surface area contributed by atoms with Crippen LogP contribution in [-0.2, 0) is 9.53 Å². The van der Waals surface area contributed by atoms with Crippen molar-refractivity contribution in [1.29, 1.82) is 0 Å². The van der Waals surface area contributed by atoms with Gasteiger partial charge in [-0.2, -0.15) is 0 Å². The van der Waals surface area contributed by atoms with Gasteiger partial charge < -0.3 is 4.74 Å². The fraction of sp³-hybridized carbons (Fsp3) is 0.900. The molecule has 10 unspecified atom stereocenters. The van der Waals surface area contributed by atoms with E-state index in [-0.39, 0.29) is 21.8 Å². The van der Waals surface area contributed by atoms with Crippen LogP contribution in [0.3, 0.4) is 0 Å². The van der Waals surface area contributed by atoms with E-state index < -0.39 is 0 Å². The molecule has 0 aromatic carbocycles. The summed E-state index contributed by atoms with van der Waals surface area (Å²) in [5.74, 6) is 3.61. The number of rotatable bonds is 0. The molecule has 2 heteroatoms. The second-order valence-electron chi connectivity index (χ2n) is 14.7. The molecule has 0 aromatic rings. The van der Waals surface area contributed by atoms with Gasteiger partial charge in [0.25, 0.3) is 0 Å². The molecule has 1 aliphatic heterocycles. The number of allylic oxidation sites excluding steroid dienone is 2. The highest BCUT2D eigenvalue weighted by atomic mass is 16.5. The van der Waals surface area contributed by atoms with Gasteiger partial charge in [-0.05, 0) is 103 Å². The van der Waals surface area contributed by atoms with Crippen molar-refractivity contribution >= 4 is 5.78 Å². The first kappa shape index (κ1) is 21.9. The first-order valence-corrected chi connectivity index (χ1v) is 13.7. The molecule has 32 heavy (non-hydrogen) atoms. The summed E-state index contributed by atoms with van der Waals surface area (Å²) in [4.78, 5) is 13.6. The number of fused-ring (bicyclic) bond motifs is 6. The Morgan fingerprint density at radius 3 is 2.19 bits per heavy atom. The maximum atomic E-state index is 13.6. The average molecular weight is 439 g/mol. The van der Waals surface area contributed by atoms with Crippen LogP contribution in [0, 0.1) is 56.7 Å². The Hall–Kier alpha value is -0.630. The second-order valence-corrected chi connectivity index (χ2v) is 14.7. The van der Waals surface area contributed by atoms with Crippen LogP contribution in [-0.4, -0.2) is 18.0 Å². The van der Waals surface area contributed by atoms with Crippen molar-refractivity contribution in [2.45, 2.75) is 105 Å². The fourth-order valence-electron chi connectivity index (χ4n) is 11.9. The molecule has 5 aliphatic carbocycles. The summed E-state index contributed by atoms with van der Waals surface area (Å²) in [6, 6.07) is 0. The van der Waals surface area contributed by atoms with Crippen LogP contribution >= 0.6 is 0 Å². The topological polar surface area (TPSA) is 26.3 Å². The van der Waals surface area contributed by atoms with Gasteiger partial charge in [0.05, 0.1) is 12.2 Å². The molecule has 1 heterocycles. The average Bonchev–Trinajstić information content (AvgIpc) is 3.21. The van der Waals surface area contributed by atoms with Crippen LogP contribution in [0.5, 0.6) is 0 Å². The molecular weight excluding hydrogens is 392 g/mol. The van der Waals surface area contributed by atoms with E-state index in [0.29, 0.717) is 28.4 Å². The summed E-state index contributed by atoms with van der Waals surface area (Å²) in [6.07, 6.45) is 14.4. The van der Waals surface area contributed by atoms with Gasteiger partial charge >= 0.3 is 0 Å². The van der Waals surface area contributed by atoms with E-state index in [0.717, 1.165) is 24.4 Å². The molecule has 178 valence electrons. The Morgan fingerprint density at radius 2 is 1.44 bits per heavy atom. The molecular formula is C30H46O2. The van der Waals surface area contributed by atoms with E-state index in [1.807, 2.05) is 6.08 Å². The Bertz CT molecular complexity index is 887. The molecule has 6 aliphatic rings. The Morgan fingerprint density at radius 1 is 0.781 bits per heavy atom. The molecule has 1 saturated heterocycles. The van der Waals surface area contributed by atoms with Gasteiger partial charge in [0, 0.05) is 10.8 Å². The van der Waals surface area contributed by atoms with Crippen molar-refractivity contribution in [3.8, 4) is 0 Å². The highest BCUT2D eigenvalue weighted by Gasteiger charge is 2.75. The molecule has 0 aromatic heterocycles. The minimum absolute atomic E-state index is 0.122. The third-order valence-corrected chi connectivity index (χ3v) is 13.7. The Balaban J connectivity index is 1.44. The summed E-state index contributed by atoms with van der Waals surface area (Å²) in [5, 5.41) is 0. The SMILES string of the molecule is CC1COC23CCC4(C)C(CCC5C6(C)C(=O)C=CC(C)(C)C6CCC54C)C2(C)CCC13. The lowest BCUT2D eigenvalue weighted by molar-refractivity contribution is -0.260. The molecule has 1 spiro atoms. The normalized spacial score (nSPS) is 60.2. The number of ether oxygens (including phenoxy) is 1. The molecule has 0 N–H and O–H groups in total. The van der Waals surface area contributed by atoms with Crippen LogP contribution < -0.4 is 0 Å². The Kier molecular flexibility index (Phi) is 4.19. The predicted octanol–water partition coefficient (Wildman–Crippen LogP) is 7.22. The molecule has 0 amide bonds. The third-order valence-electron chi connectivity index (χ3n) is 13.7. The van der Waals surface area contributed by atoms with Gasteiger partial charge in [0.1, 0.15) is 0 Å². The van der Waals surface area contributed by atoms with Crippen LogP contribution in [0.25, 0.3) is 0 Å². The maximum Gasteiger partial charge on any atom is 0.161 e. The Labute approximate surface area is 196 Å². The molecule has 10 atom stereocenters. The standard InChI is InChI=1S/C30H46O2/c1-19-18-32-30-17-16-27(5)22(28(30,6)14-10-20(19)30)8-9-23-26(27,4)15-11-21-25(2,3)13-12-24(31)29(21,23)7/h12-13,19-23H,8-11,14-18H2,1-7H3. The minimum Gasteiger partial charge on any atom is -0.374 e. The van der Waals surface area contributed by atoms with Gasteiger partial charge in [0.2, 0.25) is 0 Å². The van der Waals surface area contributed by atoms with E-state index in [2.05, 4.69) is 54.5 Å². The van der Waals surface area contributed by atoms with Crippen molar-refractivity contribution in [2.24, 2.45) is 56.7 Å². The smallest absolute Gasteiger partial charge is 0.161 e. The summed E-state index contributed by atoms with van der Waals surface area (Å²) in [7, 11) is 0. The van der Waals surface area contributed by atoms with E-state index in [1.165, 1.54) is 51.4 Å². The third kappa shape index (κ3) is 2.13. The van der Waals surface area contributed by atoms with Crippen molar-refractivity contribution in [1.82, 2.24) is 0 Å². The first-order chi connectivity index (χ1) is 14.9. The van der Waals surface area contributed by atoms with Crippen LogP contribution in [0.4, 0.5) is 0 Å². The quantitative estimate of drug-likeness (QED) is 0.399. The van der Waals surface area contributed by atoms with Crippen molar-refractivity contribution in [2.75, 3.05) is 6.61 Å². The number of carbonyl (C=O) groups is 1. The summed E-state index contributed by atoms with van der Waals surface area (Å²) in [6.45, 7) is 18.4. The van der Waals surface area contributed by atoms with Crippen molar-refractivity contribution in [3.63, 3.8) is 0 Å². The highest BCUT2D eigenvalue weighted by molar-refractivity contribution is 5.96. The van der Waals surface area contributed by atoms with Gasteiger partial charge in [-0.15, -0.1) is 0 Å². The molecule has 2 nitrogen and oxygen atoms in total. The summed E-state index contributed by atoms with van der Waals surface area (Å²) < 4.78 is 6.83. The van der Waals surface area contributed by atoms with E-state index in [4.69, 9.17) is 4.74 Å². The lowest BCUT2D eigenvalue weighted by Gasteiger charge is -2.73. The maximum absolute atomic E-state index is 13.6. The highest BCUT2D eigenvalue weighted by Crippen LogP contribution is 2.79. The van der Waals surface area contributed by atoms with Gasteiger partial charge in [-0.3, -0.25) is 4.79 Å². The van der Waals surface area contributed by atoms with E-state index >= 15 is 0 Å². The minimum atomic E-state index is -0.203. The number of hydrogen-bond acceptors (Lipinski definition) is 2. The zero-order valence-electron chi connectivity index (χ0n) is 21.7. The molecule has 0 radical (unpaired) electrons. The first-order valence-electron chi connectivity index (χ1n) is 13.7. The zero-order chi connectivity index (χ0) is 22.9. The molecule has 4 saturated carbocycles. The van der Waals surface area contributed by atoms with E-state index in [1.54, 1.807) is 0 Å². The number of ketones is 1. The fourth-order valence-corrected chi connectivity index (χ4v) is 11.9. The van der Waals surface area contributed by atoms with Gasteiger partial charge in [-0.25, -0.2) is 0 Å².